The van der Waals surface area contributed by atoms with Crippen molar-refractivity contribution in [1.82, 2.24) is 4.90 Å². The molecule has 1 aliphatic rings. The second-order valence-electron chi connectivity index (χ2n) is 5.45. The molecule has 0 bridgehead atoms. The lowest BCUT2D eigenvalue weighted by molar-refractivity contribution is 0.0745. The monoisotopic (exact) mass is 304 g/mol. The quantitative estimate of drug-likeness (QED) is 0.948. The molecule has 1 unspecified atom stereocenters. The fourth-order valence-corrected chi connectivity index (χ4v) is 4.16. The van der Waals surface area contributed by atoms with E-state index < -0.39 is 0 Å². The Morgan fingerprint density at radius 3 is 3.05 bits per heavy atom. The highest BCUT2D eigenvalue weighted by Crippen LogP contribution is 2.35. The minimum atomic E-state index is 0.126. The Bertz CT molecular complexity index is 680. The molecule has 4 nitrogen and oxygen atoms in total. The van der Waals surface area contributed by atoms with Crippen LogP contribution in [0.3, 0.4) is 0 Å². The zero-order chi connectivity index (χ0) is 15.0. The summed E-state index contributed by atoms with van der Waals surface area (Å²) in [5.41, 5.74) is 6.83. The third-order valence-electron chi connectivity index (χ3n) is 4.25. The van der Waals surface area contributed by atoms with Gasteiger partial charge >= 0.3 is 0 Å². The molecule has 1 atom stereocenters. The minimum Gasteiger partial charge on any atom is -0.497 e. The number of nitrogens with zero attached hydrogens (tertiary/aromatic N) is 1. The van der Waals surface area contributed by atoms with Gasteiger partial charge in [0.1, 0.15) is 5.75 Å². The Labute approximate surface area is 128 Å². The number of benzene rings is 1. The molecular formula is C16H20N2O2S. The van der Waals surface area contributed by atoms with Gasteiger partial charge in [-0.15, -0.1) is 11.3 Å². The van der Waals surface area contributed by atoms with Gasteiger partial charge in [-0.05, 0) is 48.9 Å². The molecule has 0 spiro atoms. The SMILES string of the molecule is COc1ccc2sc(C(=O)N3CCCC3CN)c(C)c2c1. The van der Waals surface area contributed by atoms with Gasteiger partial charge in [-0.3, -0.25) is 4.79 Å². The Morgan fingerprint density at radius 2 is 2.33 bits per heavy atom. The molecule has 5 heteroatoms. The van der Waals surface area contributed by atoms with Gasteiger partial charge in [-0.2, -0.15) is 0 Å². The summed E-state index contributed by atoms with van der Waals surface area (Å²) in [5.74, 6) is 0.948. The van der Waals surface area contributed by atoms with E-state index in [4.69, 9.17) is 10.5 Å². The number of rotatable bonds is 3. The molecule has 0 saturated carbocycles. The van der Waals surface area contributed by atoms with Gasteiger partial charge in [0.15, 0.2) is 0 Å². The van der Waals surface area contributed by atoms with E-state index in [-0.39, 0.29) is 11.9 Å². The van der Waals surface area contributed by atoms with Crippen molar-refractivity contribution in [1.29, 1.82) is 0 Å². The standard InChI is InChI=1S/C16H20N2O2S/c1-10-13-8-12(20-2)5-6-14(13)21-15(10)16(19)18-7-3-4-11(18)9-17/h5-6,8,11H,3-4,7,9,17H2,1-2H3. The maximum Gasteiger partial charge on any atom is 0.264 e. The zero-order valence-electron chi connectivity index (χ0n) is 12.4. The van der Waals surface area contributed by atoms with E-state index in [1.54, 1.807) is 18.4 Å². The fourth-order valence-electron chi connectivity index (χ4n) is 3.01. The van der Waals surface area contributed by atoms with Gasteiger partial charge in [0.2, 0.25) is 0 Å². The second kappa shape index (κ2) is 5.66. The molecule has 1 fully saturated rings. The van der Waals surface area contributed by atoms with Gasteiger partial charge in [0.05, 0.1) is 12.0 Å². The maximum atomic E-state index is 12.8. The van der Waals surface area contributed by atoms with Gasteiger partial charge < -0.3 is 15.4 Å². The first-order valence-corrected chi connectivity index (χ1v) is 8.05. The van der Waals surface area contributed by atoms with Crippen molar-refractivity contribution >= 4 is 27.3 Å². The summed E-state index contributed by atoms with van der Waals surface area (Å²) >= 11 is 1.56. The molecule has 0 radical (unpaired) electrons. The highest BCUT2D eigenvalue weighted by atomic mass is 32.1. The predicted molar refractivity (Wildman–Crippen MR) is 86.2 cm³/mol. The summed E-state index contributed by atoms with van der Waals surface area (Å²) in [4.78, 5) is 15.6. The molecule has 112 valence electrons. The summed E-state index contributed by atoms with van der Waals surface area (Å²) in [6, 6.07) is 6.15. The van der Waals surface area contributed by atoms with Crippen molar-refractivity contribution in [2.45, 2.75) is 25.8 Å². The van der Waals surface area contributed by atoms with E-state index in [1.165, 1.54) is 0 Å². The summed E-state index contributed by atoms with van der Waals surface area (Å²) in [7, 11) is 1.66. The van der Waals surface area contributed by atoms with Crippen molar-refractivity contribution in [3.8, 4) is 5.75 Å². The van der Waals surface area contributed by atoms with E-state index in [0.717, 1.165) is 45.7 Å². The number of amides is 1. The summed E-state index contributed by atoms with van der Waals surface area (Å²) in [6.45, 7) is 3.38. The normalized spacial score (nSPS) is 18.4. The van der Waals surface area contributed by atoms with Crippen molar-refractivity contribution in [3.05, 3.63) is 28.6 Å². The van der Waals surface area contributed by atoms with E-state index in [9.17, 15) is 4.79 Å². The van der Waals surface area contributed by atoms with Crippen LogP contribution in [0, 0.1) is 6.92 Å². The minimum absolute atomic E-state index is 0.126. The number of methoxy groups -OCH3 is 1. The van der Waals surface area contributed by atoms with Crippen LogP contribution in [-0.4, -0.2) is 37.0 Å². The summed E-state index contributed by atoms with van der Waals surface area (Å²) in [6.07, 6.45) is 2.06. The van der Waals surface area contributed by atoms with Gasteiger partial charge in [-0.25, -0.2) is 0 Å². The average Bonchev–Trinajstić information content (AvgIpc) is 3.11. The number of thiophene rings is 1. The van der Waals surface area contributed by atoms with Crippen molar-refractivity contribution < 1.29 is 9.53 Å². The first-order chi connectivity index (χ1) is 10.2. The maximum absolute atomic E-state index is 12.8. The van der Waals surface area contributed by atoms with Crippen LogP contribution in [0.4, 0.5) is 0 Å². The Kier molecular flexibility index (Phi) is 3.87. The van der Waals surface area contributed by atoms with Crippen LogP contribution in [0.15, 0.2) is 18.2 Å². The Balaban J connectivity index is 2.00. The van der Waals surface area contributed by atoms with E-state index in [1.807, 2.05) is 30.0 Å². The molecule has 1 amide bonds. The average molecular weight is 304 g/mol. The third kappa shape index (κ3) is 2.40. The van der Waals surface area contributed by atoms with Crippen LogP contribution in [0.1, 0.15) is 28.1 Å². The van der Waals surface area contributed by atoms with E-state index in [0.29, 0.717) is 6.54 Å². The van der Waals surface area contributed by atoms with Crippen LogP contribution in [-0.2, 0) is 0 Å². The van der Waals surface area contributed by atoms with Crippen LogP contribution < -0.4 is 10.5 Å². The number of likely N-dealkylation sites (tertiary alicyclic amines) is 1. The van der Waals surface area contributed by atoms with Crippen LogP contribution in [0.2, 0.25) is 0 Å². The van der Waals surface area contributed by atoms with Gasteiger partial charge in [-0.1, -0.05) is 0 Å². The molecule has 1 aromatic carbocycles. The predicted octanol–water partition coefficient (Wildman–Crippen LogP) is 2.78. The number of aryl methyl sites for hydroxylation is 1. The number of fused-ring (bicyclic) bond motifs is 1. The lowest BCUT2D eigenvalue weighted by atomic mass is 10.1. The van der Waals surface area contributed by atoms with Crippen molar-refractivity contribution in [2.24, 2.45) is 5.73 Å². The fraction of sp³-hybridized carbons (Fsp3) is 0.438. The molecule has 1 aromatic heterocycles. The van der Waals surface area contributed by atoms with Gasteiger partial charge in [0, 0.05) is 23.8 Å². The third-order valence-corrected chi connectivity index (χ3v) is 5.51. The van der Waals surface area contributed by atoms with Gasteiger partial charge in [0.25, 0.3) is 5.91 Å². The van der Waals surface area contributed by atoms with E-state index >= 15 is 0 Å². The molecule has 21 heavy (non-hydrogen) atoms. The first-order valence-electron chi connectivity index (χ1n) is 7.24. The van der Waals surface area contributed by atoms with Crippen LogP contribution >= 0.6 is 11.3 Å². The zero-order valence-corrected chi connectivity index (χ0v) is 13.2. The Morgan fingerprint density at radius 1 is 1.52 bits per heavy atom. The molecular weight excluding hydrogens is 284 g/mol. The highest BCUT2D eigenvalue weighted by molar-refractivity contribution is 7.21. The number of nitrogens with two attached hydrogens (primary N) is 1. The van der Waals surface area contributed by atoms with Crippen LogP contribution in [0.25, 0.3) is 10.1 Å². The number of carbonyl (C=O) groups excluding carboxylic acids is 1. The first kappa shape index (κ1) is 14.4. The van der Waals surface area contributed by atoms with Crippen molar-refractivity contribution in [3.63, 3.8) is 0 Å². The molecule has 2 aromatic rings. The van der Waals surface area contributed by atoms with E-state index in [2.05, 4.69) is 0 Å². The summed E-state index contributed by atoms with van der Waals surface area (Å²) < 4.78 is 6.40. The second-order valence-corrected chi connectivity index (χ2v) is 6.50. The lowest BCUT2D eigenvalue weighted by Crippen LogP contribution is -2.39. The molecule has 1 saturated heterocycles. The topological polar surface area (TPSA) is 55.6 Å². The lowest BCUT2D eigenvalue weighted by Gasteiger charge is -2.23. The largest absolute Gasteiger partial charge is 0.497 e. The number of ether oxygens (including phenoxy) is 1. The molecule has 1 aliphatic heterocycles. The Hall–Kier alpha value is -1.59. The molecule has 2 heterocycles. The molecule has 0 aliphatic carbocycles. The van der Waals surface area contributed by atoms with Crippen molar-refractivity contribution in [2.75, 3.05) is 20.2 Å². The smallest absolute Gasteiger partial charge is 0.264 e. The summed E-state index contributed by atoms with van der Waals surface area (Å²) in [5, 5.41) is 1.10. The molecule has 2 N–H and O–H groups in total. The number of carbonyl (C=O) groups is 1. The number of hydrogen-bond donors (Lipinski definition) is 1. The highest BCUT2D eigenvalue weighted by Gasteiger charge is 2.30. The number of hydrogen-bond acceptors (Lipinski definition) is 4. The van der Waals surface area contributed by atoms with Crippen LogP contribution in [0.5, 0.6) is 5.75 Å². The molecule has 3 rings (SSSR count).